The summed E-state index contributed by atoms with van der Waals surface area (Å²) in [6, 6.07) is 43.1. The molecule has 488 valence electrons. The summed E-state index contributed by atoms with van der Waals surface area (Å²) in [5.74, 6) is 1.80. The number of benzene rings is 6. The van der Waals surface area contributed by atoms with Gasteiger partial charge < -0.3 is 69.4 Å². The standard InChI is InChI=1S/C35H41ClN4O6.C35H40ClN3O7/c1-24(41)39-16-13-27(14-17-39)35(44)40(15-12-26-10-11-32-33(19-26)46-23-45-32)22-31(42)30(18-25-6-3-2-4-7-25)38-34(43)21-37-29-9-5-8-28(36)20-29;1-24(40)38-16-13-27(14-17-38)35(43)39(15-12-26-10-11-32-33(19-26)46-23-45-32)21-31(41)30(18-25-6-3-2-4-7-25)37-34(42)22-44-29-9-5-8-28(36)20-29/h2-11,19-20,27,30-31,37,42H,12-18,21-23H2,1H3,(H,38,43);2-11,19-20,27,30-31,41H,12-18,21-23H2,1H3,(H,37,42)/t2*30-,31-/m00/s1. The smallest absolute Gasteiger partial charge is 0.258 e. The predicted molar refractivity (Wildman–Crippen MR) is 349 cm³/mol. The van der Waals surface area contributed by atoms with Crippen LogP contribution >= 0.6 is 23.2 Å². The molecule has 5 N–H and O–H groups in total. The number of hydrogen-bond donors (Lipinski definition) is 5. The first-order valence-corrected chi connectivity index (χ1v) is 32.0. The molecule has 4 aliphatic rings. The molecule has 0 radical (unpaired) electrons. The maximum Gasteiger partial charge on any atom is 0.258 e. The molecule has 0 aliphatic carbocycles. The number of aliphatic hydroxyl groups is 2. The first-order chi connectivity index (χ1) is 44.5. The van der Waals surface area contributed by atoms with Crippen molar-refractivity contribution >= 4 is 64.3 Å². The molecule has 0 unspecified atom stereocenters. The number of nitrogens with one attached hydrogen (secondary N) is 3. The summed E-state index contributed by atoms with van der Waals surface area (Å²) in [7, 11) is 0. The van der Waals surface area contributed by atoms with Crippen molar-refractivity contribution in [2.24, 2.45) is 11.8 Å². The summed E-state index contributed by atoms with van der Waals surface area (Å²) < 4.78 is 27.6. The average molecular weight is 1300 g/mol. The van der Waals surface area contributed by atoms with Crippen LogP contribution in [0.1, 0.15) is 61.8 Å². The summed E-state index contributed by atoms with van der Waals surface area (Å²) in [6.45, 7) is 6.01. The van der Waals surface area contributed by atoms with Crippen LogP contribution in [-0.4, -0.2) is 169 Å². The van der Waals surface area contributed by atoms with E-state index in [1.165, 1.54) is 6.92 Å². The van der Waals surface area contributed by atoms with Crippen molar-refractivity contribution in [3.05, 3.63) is 178 Å². The molecule has 22 heteroatoms. The van der Waals surface area contributed by atoms with Crippen LogP contribution < -0.4 is 39.6 Å². The number of carbonyl (C=O) groups excluding carboxylic acids is 6. The van der Waals surface area contributed by atoms with Gasteiger partial charge >= 0.3 is 0 Å². The van der Waals surface area contributed by atoms with E-state index in [1.54, 1.807) is 69.0 Å². The van der Waals surface area contributed by atoms with Gasteiger partial charge in [-0.15, -0.1) is 0 Å². The fraction of sp³-hybridized carbons (Fsp3) is 0.400. The monoisotopic (exact) mass is 1300 g/mol. The van der Waals surface area contributed by atoms with Gasteiger partial charge in [0.1, 0.15) is 5.75 Å². The molecule has 20 nitrogen and oxygen atoms in total. The van der Waals surface area contributed by atoms with E-state index in [9.17, 15) is 39.0 Å². The number of piperidine rings is 2. The number of hydrogen-bond acceptors (Lipinski definition) is 14. The Labute approximate surface area is 547 Å². The molecule has 0 bridgehead atoms. The number of amides is 6. The molecule has 4 aliphatic heterocycles. The summed E-state index contributed by atoms with van der Waals surface area (Å²) in [4.78, 5) is 84.8. The van der Waals surface area contributed by atoms with E-state index >= 15 is 0 Å². The Balaban J connectivity index is 0.000000217. The van der Waals surface area contributed by atoms with Crippen molar-refractivity contribution in [1.29, 1.82) is 0 Å². The Hall–Kier alpha value is -8.56. The first-order valence-electron chi connectivity index (χ1n) is 31.3. The van der Waals surface area contributed by atoms with Crippen molar-refractivity contribution in [2.45, 2.75) is 89.5 Å². The third-order valence-electron chi connectivity index (χ3n) is 16.9. The Morgan fingerprint density at radius 3 is 1.43 bits per heavy atom. The minimum atomic E-state index is -1.08. The van der Waals surface area contributed by atoms with Crippen LogP contribution in [0.4, 0.5) is 5.69 Å². The number of ether oxygens (including phenoxy) is 5. The predicted octanol–water partition coefficient (Wildman–Crippen LogP) is 7.76. The Morgan fingerprint density at radius 2 is 0.978 bits per heavy atom. The van der Waals surface area contributed by atoms with E-state index in [0.29, 0.717) is 135 Å². The average Bonchev–Trinajstić information content (AvgIpc) is 2.17. The molecule has 0 saturated carbocycles. The molecule has 10 rings (SSSR count). The minimum Gasteiger partial charge on any atom is -0.484 e. The highest BCUT2D eigenvalue weighted by molar-refractivity contribution is 6.31. The van der Waals surface area contributed by atoms with Crippen LogP contribution in [0.15, 0.2) is 146 Å². The zero-order valence-electron chi connectivity index (χ0n) is 51.9. The fourth-order valence-electron chi connectivity index (χ4n) is 11.7. The van der Waals surface area contributed by atoms with Gasteiger partial charge in [-0.3, -0.25) is 28.8 Å². The van der Waals surface area contributed by atoms with Crippen LogP contribution in [0.25, 0.3) is 0 Å². The van der Waals surface area contributed by atoms with E-state index in [0.717, 1.165) is 22.3 Å². The maximum atomic E-state index is 14.0. The van der Waals surface area contributed by atoms with Gasteiger partial charge in [0, 0.05) is 93.8 Å². The van der Waals surface area contributed by atoms with Gasteiger partial charge in [0.25, 0.3) is 5.91 Å². The topological polar surface area (TPSA) is 238 Å². The number of likely N-dealkylation sites (tertiary alicyclic amines) is 2. The Kier molecular flexibility index (Phi) is 24.8. The van der Waals surface area contributed by atoms with Crippen LogP contribution in [-0.2, 0) is 54.5 Å². The van der Waals surface area contributed by atoms with Gasteiger partial charge in [-0.2, -0.15) is 0 Å². The maximum absolute atomic E-state index is 14.0. The highest BCUT2D eigenvalue weighted by atomic mass is 35.5. The third kappa shape index (κ3) is 20.2. The van der Waals surface area contributed by atoms with Gasteiger partial charge in [0.15, 0.2) is 29.6 Å². The van der Waals surface area contributed by atoms with E-state index in [1.807, 2.05) is 103 Å². The van der Waals surface area contributed by atoms with Gasteiger partial charge in [0.2, 0.25) is 43.1 Å². The summed E-state index contributed by atoms with van der Waals surface area (Å²) >= 11 is 12.1. The van der Waals surface area contributed by atoms with Crippen LogP contribution in [0, 0.1) is 11.8 Å². The van der Waals surface area contributed by atoms with Crippen molar-refractivity contribution in [3.63, 3.8) is 0 Å². The molecule has 6 amide bonds. The molecule has 6 aromatic carbocycles. The number of aliphatic hydroxyl groups excluding tert-OH is 2. The molecule has 4 atom stereocenters. The zero-order chi connectivity index (χ0) is 64.9. The van der Waals surface area contributed by atoms with E-state index in [4.69, 9.17) is 46.9 Å². The minimum absolute atomic E-state index is 0.000165. The zero-order valence-corrected chi connectivity index (χ0v) is 53.4. The van der Waals surface area contributed by atoms with E-state index in [2.05, 4.69) is 16.0 Å². The van der Waals surface area contributed by atoms with Gasteiger partial charge in [-0.05, 0) is 134 Å². The molecule has 6 aromatic rings. The molecular formula is C70H81Cl2N7O13. The van der Waals surface area contributed by atoms with E-state index in [-0.39, 0.29) is 81.2 Å². The van der Waals surface area contributed by atoms with E-state index < -0.39 is 30.2 Å². The summed E-state index contributed by atoms with van der Waals surface area (Å²) in [6.07, 6.45) is 1.92. The molecule has 0 spiro atoms. The van der Waals surface area contributed by atoms with Crippen LogP contribution in [0.5, 0.6) is 28.7 Å². The second kappa shape index (κ2) is 33.7. The Morgan fingerprint density at radius 1 is 0.533 bits per heavy atom. The number of halogens is 2. The van der Waals surface area contributed by atoms with Crippen molar-refractivity contribution < 1.29 is 62.7 Å². The molecule has 92 heavy (non-hydrogen) atoms. The van der Waals surface area contributed by atoms with Gasteiger partial charge in [-0.1, -0.05) is 108 Å². The number of rotatable bonds is 26. The van der Waals surface area contributed by atoms with Gasteiger partial charge in [-0.25, -0.2) is 0 Å². The normalized spacial score (nSPS) is 15.6. The van der Waals surface area contributed by atoms with Crippen molar-refractivity contribution in [2.75, 3.05) is 84.4 Å². The fourth-order valence-corrected chi connectivity index (χ4v) is 12.1. The molecule has 2 fully saturated rings. The number of anilines is 1. The molecule has 0 aromatic heterocycles. The van der Waals surface area contributed by atoms with Crippen molar-refractivity contribution in [3.8, 4) is 28.7 Å². The van der Waals surface area contributed by atoms with Crippen LogP contribution in [0.3, 0.4) is 0 Å². The summed E-state index contributed by atoms with van der Waals surface area (Å²) in [5.41, 5.74) is 4.53. The van der Waals surface area contributed by atoms with Gasteiger partial charge in [0.05, 0.1) is 30.8 Å². The van der Waals surface area contributed by atoms with Crippen molar-refractivity contribution in [1.82, 2.24) is 30.2 Å². The number of nitrogens with zero attached hydrogens (tertiary/aromatic N) is 4. The lowest BCUT2D eigenvalue weighted by molar-refractivity contribution is -0.141. The lowest BCUT2D eigenvalue weighted by Crippen LogP contribution is -2.53. The lowest BCUT2D eigenvalue weighted by atomic mass is 9.94. The lowest BCUT2D eigenvalue weighted by Gasteiger charge is -2.36. The highest BCUT2D eigenvalue weighted by Gasteiger charge is 2.35. The largest absolute Gasteiger partial charge is 0.484 e. The Bertz CT molecular complexity index is 3220. The SMILES string of the molecule is CC(=O)N1CCC(C(=O)N(CCc2ccc3c(c2)OCO3)C[C@H](O)[C@H](Cc2ccccc2)NC(=O)CNc2cccc(Cl)c2)CC1.CC(=O)N1CCC(C(=O)N(CCc2ccc3c(c2)OCO3)C[C@H](O)[C@H](Cc2ccccc2)NC(=O)COc2cccc(Cl)c2)CC1. The highest BCUT2D eigenvalue weighted by Crippen LogP contribution is 2.34. The van der Waals surface area contributed by atoms with Crippen LogP contribution in [0.2, 0.25) is 10.0 Å². The quantitative estimate of drug-likeness (QED) is 0.0349. The summed E-state index contributed by atoms with van der Waals surface area (Å²) in [5, 5.41) is 33.4. The second-order valence-electron chi connectivity index (χ2n) is 23.5. The number of fused-ring (bicyclic) bond motifs is 2. The number of carbonyl (C=O) groups is 6. The third-order valence-corrected chi connectivity index (χ3v) is 17.4. The second-order valence-corrected chi connectivity index (χ2v) is 24.3. The molecule has 4 heterocycles. The molecule has 2 saturated heterocycles. The molecular weight excluding hydrogens is 1220 g/mol. The first kappa shape index (κ1) is 67.8.